The van der Waals surface area contributed by atoms with E-state index >= 15 is 0 Å². The fourth-order valence-electron chi connectivity index (χ4n) is 1.57. The number of hydrogen-bond acceptors (Lipinski definition) is 3. The number of nitrogens with one attached hydrogen (secondary N) is 1. The second-order valence-corrected chi connectivity index (χ2v) is 5.72. The molecule has 18 heavy (non-hydrogen) atoms. The van der Waals surface area contributed by atoms with Crippen LogP contribution in [-0.4, -0.2) is 16.9 Å². The first kappa shape index (κ1) is 13.1. The van der Waals surface area contributed by atoms with Crippen LogP contribution in [0.3, 0.4) is 0 Å². The molecule has 2 rings (SSSR count). The minimum Gasteiger partial charge on any atom is -0.349 e. The van der Waals surface area contributed by atoms with E-state index in [4.69, 9.17) is 11.6 Å². The van der Waals surface area contributed by atoms with Gasteiger partial charge in [-0.2, -0.15) is 0 Å². The third kappa shape index (κ3) is 2.89. The summed E-state index contributed by atoms with van der Waals surface area (Å²) in [5, 5.41) is 2.86. The lowest BCUT2D eigenvalue weighted by atomic mass is 10.1. The van der Waals surface area contributed by atoms with Crippen molar-refractivity contribution in [2.24, 2.45) is 0 Å². The van der Waals surface area contributed by atoms with Crippen LogP contribution in [0.15, 0.2) is 30.3 Å². The molecule has 1 aromatic carbocycles. The number of aromatic nitrogens is 1. The molecular formula is C13H13ClN2OS. The van der Waals surface area contributed by atoms with Gasteiger partial charge in [0.05, 0.1) is 5.69 Å². The molecule has 5 heteroatoms. The molecule has 0 aliphatic carbocycles. The van der Waals surface area contributed by atoms with E-state index < -0.39 is 0 Å². The van der Waals surface area contributed by atoms with Crippen LogP contribution in [0.5, 0.6) is 0 Å². The van der Waals surface area contributed by atoms with Gasteiger partial charge >= 0.3 is 0 Å². The highest BCUT2D eigenvalue weighted by molar-refractivity contribution is 7.18. The van der Waals surface area contributed by atoms with Crippen molar-refractivity contribution in [1.29, 1.82) is 0 Å². The third-order valence-electron chi connectivity index (χ3n) is 2.27. The lowest BCUT2D eigenvalue weighted by Gasteiger charge is -2.07. The highest BCUT2D eigenvalue weighted by Crippen LogP contribution is 2.30. The molecule has 0 aliphatic rings. The first-order valence-electron chi connectivity index (χ1n) is 5.60. The number of carbonyl (C=O) groups excluding carboxylic acids is 1. The van der Waals surface area contributed by atoms with Gasteiger partial charge in [-0.15, -0.1) is 0 Å². The smallest absolute Gasteiger partial charge is 0.263 e. The van der Waals surface area contributed by atoms with Gasteiger partial charge < -0.3 is 5.32 Å². The van der Waals surface area contributed by atoms with Gasteiger partial charge in [0.1, 0.15) is 4.88 Å². The number of benzene rings is 1. The van der Waals surface area contributed by atoms with Gasteiger partial charge in [-0.3, -0.25) is 4.79 Å². The molecular weight excluding hydrogens is 268 g/mol. The Morgan fingerprint density at radius 1 is 1.33 bits per heavy atom. The number of carbonyl (C=O) groups is 1. The summed E-state index contributed by atoms with van der Waals surface area (Å²) in [4.78, 5) is 16.9. The van der Waals surface area contributed by atoms with E-state index in [9.17, 15) is 4.79 Å². The highest BCUT2D eigenvalue weighted by atomic mass is 35.5. The van der Waals surface area contributed by atoms with E-state index in [2.05, 4.69) is 10.3 Å². The third-order valence-corrected chi connectivity index (χ3v) is 3.43. The summed E-state index contributed by atoms with van der Waals surface area (Å²) in [6.45, 7) is 3.84. The first-order valence-corrected chi connectivity index (χ1v) is 6.80. The molecule has 1 aromatic heterocycles. The molecule has 1 heterocycles. The Kier molecular flexibility index (Phi) is 3.99. The zero-order valence-electron chi connectivity index (χ0n) is 10.1. The van der Waals surface area contributed by atoms with Crippen LogP contribution in [0.25, 0.3) is 11.3 Å². The summed E-state index contributed by atoms with van der Waals surface area (Å²) >= 11 is 7.13. The Labute approximate surface area is 115 Å². The standard InChI is InChI=1S/C13H13ClN2OS/c1-8(2)15-12(17)11-10(16-13(14)18-11)9-6-4-3-5-7-9/h3-8H,1-2H3,(H,15,17). The van der Waals surface area contributed by atoms with E-state index in [0.717, 1.165) is 5.56 Å². The van der Waals surface area contributed by atoms with Gasteiger partial charge in [0.25, 0.3) is 5.91 Å². The van der Waals surface area contributed by atoms with Gasteiger partial charge in [-0.05, 0) is 13.8 Å². The second kappa shape index (κ2) is 5.50. The van der Waals surface area contributed by atoms with Crippen molar-refractivity contribution in [3.8, 4) is 11.3 Å². The number of nitrogens with zero attached hydrogens (tertiary/aromatic N) is 1. The van der Waals surface area contributed by atoms with Crippen molar-refractivity contribution in [3.63, 3.8) is 0 Å². The molecule has 0 aliphatic heterocycles. The minimum absolute atomic E-state index is 0.0852. The van der Waals surface area contributed by atoms with Crippen molar-refractivity contribution in [2.75, 3.05) is 0 Å². The molecule has 0 bridgehead atoms. The molecule has 1 N–H and O–H groups in total. The lowest BCUT2D eigenvalue weighted by molar-refractivity contribution is 0.0947. The molecule has 94 valence electrons. The van der Waals surface area contributed by atoms with Gasteiger partial charge in [0.15, 0.2) is 4.47 Å². The lowest BCUT2D eigenvalue weighted by Crippen LogP contribution is -2.29. The molecule has 0 atom stereocenters. The van der Waals surface area contributed by atoms with Crippen LogP contribution in [0.1, 0.15) is 23.5 Å². The van der Waals surface area contributed by atoms with Crippen molar-refractivity contribution in [1.82, 2.24) is 10.3 Å². The molecule has 0 unspecified atom stereocenters. The maximum atomic E-state index is 12.1. The fourth-order valence-corrected chi connectivity index (χ4v) is 2.60. The van der Waals surface area contributed by atoms with Crippen molar-refractivity contribution in [3.05, 3.63) is 39.7 Å². The number of hydrogen-bond donors (Lipinski definition) is 1. The van der Waals surface area contributed by atoms with Crippen molar-refractivity contribution >= 4 is 28.8 Å². The minimum atomic E-state index is -0.131. The quantitative estimate of drug-likeness (QED) is 0.933. The largest absolute Gasteiger partial charge is 0.349 e. The van der Waals surface area contributed by atoms with E-state index in [1.165, 1.54) is 11.3 Å². The molecule has 0 saturated carbocycles. The average Bonchev–Trinajstić information content (AvgIpc) is 2.72. The average molecular weight is 281 g/mol. The Balaban J connectivity index is 2.40. The number of halogens is 1. The Hall–Kier alpha value is -1.39. The Bertz CT molecular complexity index is 551. The van der Waals surface area contributed by atoms with Crippen LogP contribution in [-0.2, 0) is 0 Å². The molecule has 0 saturated heterocycles. The zero-order valence-corrected chi connectivity index (χ0v) is 11.7. The fraction of sp³-hybridized carbons (Fsp3) is 0.231. The Morgan fingerprint density at radius 3 is 2.61 bits per heavy atom. The molecule has 1 amide bonds. The first-order chi connectivity index (χ1) is 8.58. The second-order valence-electron chi connectivity index (χ2n) is 4.14. The summed E-state index contributed by atoms with van der Waals surface area (Å²) in [5.74, 6) is -0.131. The molecule has 0 fully saturated rings. The molecule has 0 spiro atoms. The van der Waals surface area contributed by atoms with Crippen LogP contribution in [0.2, 0.25) is 4.47 Å². The van der Waals surface area contributed by atoms with Crippen LogP contribution >= 0.6 is 22.9 Å². The van der Waals surface area contributed by atoms with Gasteiger partial charge in [-0.1, -0.05) is 53.3 Å². The number of amides is 1. The van der Waals surface area contributed by atoms with Crippen molar-refractivity contribution in [2.45, 2.75) is 19.9 Å². The molecule has 3 nitrogen and oxygen atoms in total. The van der Waals surface area contributed by atoms with Gasteiger partial charge in [-0.25, -0.2) is 4.98 Å². The SMILES string of the molecule is CC(C)NC(=O)c1sc(Cl)nc1-c1ccccc1. The van der Waals surface area contributed by atoms with E-state index in [1.54, 1.807) is 0 Å². The highest BCUT2D eigenvalue weighted by Gasteiger charge is 2.19. The topological polar surface area (TPSA) is 42.0 Å². The number of rotatable bonds is 3. The monoisotopic (exact) mass is 280 g/mol. The summed E-state index contributed by atoms with van der Waals surface area (Å²) in [6.07, 6.45) is 0. The van der Waals surface area contributed by atoms with E-state index in [-0.39, 0.29) is 11.9 Å². The maximum Gasteiger partial charge on any atom is 0.263 e. The maximum absolute atomic E-state index is 12.1. The predicted molar refractivity (Wildman–Crippen MR) is 75.2 cm³/mol. The van der Waals surface area contributed by atoms with E-state index in [0.29, 0.717) is 15.0 Å². The zero-order chi connectivity index (χ0) is 13.1. The summed E-state index contributed by atoms with van der Waals surface area (Å²) in [6, 6.07) is 9.65. The molecule has 2 aromatic rings. The van der Waals surface area contributed by atoms with Gasteiger partial charge in [0.2, 0.25) is 0 Å². The summed E-state index contributed by atoms with van der Waals surface area (Å²) in [7, 11) is 0. The summed E-state index contributed by atoms with van der Waals surface area (Å²) < 4.78 is 0.378. The Morgan fingerprint density at radius 2 is 2.00 bits per heavy atom. The van der Waals surface area contributed by atoms with Crippen LogP contribution in [0, 0.1) is 0 Å². The summed E-state index contributed by atoms with van der Waals surface area (Å²) in [5.41, 5.74) is 1.54. The van der Waals surface area contributed by atoms with Gasteiger partial charge in [0, 0.05) is 11.6 Å². The normalized spacial score (nSPS) is 10.7. The van der Waals surface area contributed by atoms with Crippen LogP contribution in [0.4, 0.5) is 0 Å². The predicted octanol–water partition coefficient (Wildman–Crippen LogP) is 3.60. The van der Waals surface area contributed by atoms with Crippen LogP contribution < -0.4 is 5.32 Å². The number of thiazole rings is 1. The molecule has 0 radical (unpaired) electrons. The van der Waals surface area contributed by atoms with E-state index in [1.807, 2.05) is 44.2 Å². The van der Waals surface area contributed by atoms with Crippen molar-refractivity contribution < 1.29 is 4.79 Å².